The van der Waals surface area contributed by atoms with E-state index < -0.39 is 36.0 Å². The number of piperidine rings is 1. The van der Waals surface area contributed by atoms with Crippen LogP contribution in [0.4, 0.5) is 13.2 Å². The summed E-state index contributed by atoms with van der Waals surface area (Å²) in [6.45, 7) is -0.0958. The second-order valence-electron chi connectivity index (χ2n) is 8.06. The van der Waals surface area contributed by atoms with Crippen LogP contribution in [0.3, 0.4) is 0 Å². The Labute approximate surface area is 181 Å². The summed E-state index contributed by atoms with van der Waals surface area (Å²) in [5, 5.41) is 9.98. The molecule has 3 heterocycles. The van der Waals surface area contributed by atoms with Crippen molar-refractivity contribution in [2.24, 2.45) is 12.8 Å². The van der Waals surface area contributed by atoms with Gasteiger partial charge in [0.25, 0.3) is 0 Å². The van der Waals surface area contributed by atoms with Gasteiger partial charge in [0.2, 0.25) is 17.7 Å². The van der Waals surface area contributed by atoms with Crippen molar-refractivity contribution < 1.29 is 27.6 Å². The lowest BCUT2D eigenvalue weighted by Crippen LogP contribution is -2.60. The number of amides is 3. The number of para-hydroxylation sites is 1. The van der Waals surface area contributed by atoms with Gasteiger partial charge in [-0.15, -0.1) is 0 Å². The minimum Gasteiger partial charge on any atom is -0.368 e. The number of carbonyl (C=O) groups is 3. The summed E-state index contributed by atoms with van der Waals surface area (Å²) in [7, 11) is 1.60. The fraction of sp³-hybridized carbons (Fsp3) is 0.500. The van der Waals surface area contributed by atoms with Crippen LogP contribution in [-0.2, 0) is 21.4 Å². The van der Waals surface area contributed by atoms with E-state index in [2.05, 4.69) is 15.7 Å². The van der Waals surface area contributed by atoms with Crippen LogP contribution in [0, 0.1) is 0 Å². The molecule has 0 aliphatic carbocycles. The first-order valence-electron chi connectivity index (χ1n) is 10.2. The lowest BCUT2D eigenvalue weighted by Gasteiger charge is -2.41. The van der Waals surface area contributed by atoms with E-state index in [4.69, 9.17) is 5.73 Å². The lowest BCUT2D eigenvalue weighted by atomic mass is 9.91. The number of hydrogen-bond acceptors (Lipinski definition) is 6. The largest absolute Gasteiger partial charge is 0.405 e. The van der Waals surface area contributed by atoms with Crippen LogP contribution in [0.15, 0.2) is 18.2 Å². The van der Waals surface area contributed by atoms with Gasteiger partial charge < -0.3 is 11.1 Å². The Balaban J connectivity index is 1.83. The average Bonchev–Trinajstić information content (AvgIpc) is 3.05. The third kappa shape index (κ3) is 3.84. The van der Waals surface area contributed by atoms with Gasteiger partial charge in [-0.05, 0) is 6.42 Å². The Morgan fingerprint density at radius 2 is 2.06 bits per heavy atom. The highest BCUT2D eigenvalue weighted by molar-refractivity contribution is 6.03. The van der Waals surface area contributed by atoms with Crippen LogP contribution in [0.2, 0.25) is 0 Å². The number of aryl methyl sites for hydroxylation is 1. The molecule has 4 rings (SSSR count). The molecule has 2 aromatic rings. The van der Waals surface area contributed by atoms with E-state index in [9.17, 15) is 27.6 Å². The number of nitrogens with zero attached hydrogens (tertiary/aromatic N) is 3. The Morgan fingerprint density at radius 3 is 2.72 bits per heavy atom. The number of alkyl halides is 3. The maximum atomic E-state index is 13.7. The van der Waals surface area contributed by atoms with Gasteiger partial charge in [-0.3, -0.25) is 29.3 Å². The molecule has 12 heteroatoms. The van der Waals surface area contributed by atoms with Crippen LogP contribution in [0.5, 0.6) is 0 Å². The van der Waals surface area contributed by atoms with E-state index in [1.807, 2.05) is 0 Å². The summed E-state index contributed by atoms with van der Waals surface area (Å²) in [6.07, 6.45) is -4.13. The number of fused-ring (bicyclic) bond motifs is 1. The molecule has 3 atom stereocenters. The normalized spacial score (nSPS) is 23.9. The SMILES string of the molecule is Cn1nc(C2CCC(=O)NC2=O)c2cccc(C(C(N)=O)N3CCNC[C@@H]3C(F)(F)F)c21. The lowest BCUT2D eigenvalue weighted by molar-refractivity contribution is -0.194. The molecule has 0 radical (unpaired) electrons. The van der Waals surface area contributed by atoms with Gasteiger partial charge in [0.1, 0.15) is 12.1 Å². The first-order valence-corrected chi connectivity index (χ1v) is 10.2. The van der Waals surface area contributed by atoms with Gasteiger partial charge in [-0.25, -0.2) is 0 Å². The van der Waals surface area contributed by atoms with Gasteiger partial charge in [0.15, 0.2) is 0 Å². The number of piperazine rings is 1. The number of halogens is 3. The topological polar surface area (TPSA) is 122 Å². The smallest absolute Gasteiger partial charge is 0.368 e. The molecule has 2 aliphatic heterocycles. The molecule has 2 saturated heterocycles. The zero-order chi connectivity index (χ0) is 23.2. The maximum Gasteiger partial charge on any atom is 0.405 e. The summed E-state index contributed by atoms with van der Waals surface area (Å²) in [4.78, 5) is 37.5. The number of carbonyl (C=O) groups excluding carboxylic acids is 3. The number of primary amides is 1. The number of hydrogen-bond donors (Lipinski definition) is 3. The van der Waals surface area contributed by atoms with Crippen LogP contribution in [0.25, 0.3) is 10.9 Å². The van der Waals surface area contributed by atoms with Crippen LogP contribution < -0.4 is 16.4 Å². The fourth-order valence-electron chi connectivity index (χ4n) is 4.66. The summed E-state index contributed by atoms with van der Waals surface area (Å²) in [6, 6.07) is 1.64. The highest BCUT2D eigenvalue weighted by Crippen LogP contribution is 2.37. The van der Waals surface area contributed by atoms with Gasteiger partial charge in [0, 0.05) is 44.1 Å². The van der Waals surface area contributed by atoms with E-state index in [0.717, 1.165) is 4.90 Å². The van der Waals surface area contributed by atoms with Crippen molar-refractivity contribution in [1.29, 1.82) is 0 Å². The van der Waals surface area contributed by atoms with Gasteiger partial charge in [-0.1, -0.05) is 18.2 Å². The first kappa shape index (κ1) is 22.2. The Bertz CT molecular complexity index is 1080. The van der Waals surface area contributed by atoms with Crippen LogP contribution in [-0.4, -0.2) is 64.3 Å². The van der Waals surface area contributed by atoms with Crippen molar-refractivity contribution in [2.45, 2.75) is 37.0 Å². The molecule has 32 heavy (non-hydrogen) atoms. The van der Waals surface area contributed by atoms with Crippen molar-refractivity contribution in [3.05, 3.63) is 29.5 Å². The standard InChI is InChI=1S/C20H23F3N6O3/c1-28-16-10(15(27-28)11-5-6-14(30)26-19(11)32)3-2-4-12(16)17(18(24)31)29-8-7-25-9-13(29)20(21,22)23/h2-4,11,13,17,25H,5-9H2,1H3,(H2,24,31)(H,26,30,32)/t11?,13-,17?/m1/s1. The molecule has 1 aromatic carbocycles. The molecule has 0 spiro atoms. The van der Waals surface area contributed by atoms with Gasteiger partial charge in [0.05, 0.1) is 17.1 Å². The number of benzene rings is 1. The number of nitrogens with two attached hydrogens (primary N) is 1. The van der Waals surface area contributed by atoms with Crippen molar-refractivity contribution >= 4 is 28.6 Å². The zero-order valence-corrected chi connectivity index (χ0v) is 17.3. The highest BCUT2D eigenvalue weighted by Gasteiger charge is 2.48. The van der Waals surface area contributed by atoms with Gasteiger partial charge in [-0.2, -0.15) is 18.3 Å². The van der Waals surface area contributed by atoms with E-state index >= 15 is 0 Å². The number of imide groups is 1. The quantitative estimate of drug-likeness (QED) is 0.580. The molecule has 1 aromatic heterocycles. The minimum atomic E-state index is -4.56. The summed E-state index contributed by atoms with van der Waals surface area (Å²) in [5.41, 5.74) is 6.76. The van der Waals surface area contributed by atoms with Crippen molar-refractivity contribution in [2.75, 3.05) is 19.6 Å². The predicted octanol–water partition coefficient (Wildman–Crippen LogP) is 0.456. The minimum absolute atomic E-state index is 0.0218. The summed E-state index contributed by atoms with van der Waals surface area (Å²) in [5.74, 6) is -2.42. The molecule has 2 unspecified atom stereocenters. The van der Waals surface area contributed by atoms with Gasteiger partial charge >= 0.3 is 6.18 Å². The van der Waals surface area contributed by atoms with E-state index in [-0.39, 0.29) is 38.4 Å². The molecular weight excluding hydrogens is 429 g/mol. The molecule has 4 N–H and O–H groups in total. The second-order valence-corrected chi connectivity index (χ2v) is 8.06. The molecule has 0 bridgehead atoms. The monoisotopic (exact) mass is 452 g/mol. The Hall–Kier alpha value is -2.99. The van der Waals surface area contributed by atoms with E-state index in [0.29, 0.717) is 22.2 Å². The number of rotatable bonds is 4. The average molecular weight is 452 g/mol. The summed E-state index contributed by atoms with van der Waals surface area (Å²) < 4.78 is 42.6. The second kappa shape index (κ2) is 8.17. The Kier molecular flexibility index (Phi) is 5.67. The third-order valence-electron chi connectivity index (χ3n) is 6.05. The zero-order valence-electron chi connectivity index (χ0n) is 17.3. The first-order chi connectivity index (χ1) is 15.1. The number of nitrogens with one attached hydrogen (secondary N) is 2. The molecular formula is C20H23F3N6O3. The molecule has 9 nitrogen and oxygen atoms in total. The van der Waals surface area contributed by atoms with Crippen molar-refractivity contribution in [1.82, 2.24) is 25.3 Å². The van der Waals surface area contributed by atoms with Crippen molar-refractivity contribution in [3.8, 4) is 0 Å². The predicted molar refractivity (Wildman–Crippen MR) is 107 cm³/mol. The maximum absolute atomic E-state index is 13.7. The molecule has 2 fully saturated rings. The number of aromatic nitrogens is 2. The van der Waals surface area contributed by atoms with Crippen LogP contribution in [0.1, 0.15) is 36.1 Å². The molecule has 172 valence electrons. The molecule has 2 aliphatic rings. The molecule has 3 amide bonds. The highest BCUT2D eigenvalue weighted by atomic mass is 19.4. The fourth-order valence-corrected chi connectivity index (χ4v) is 4.66. The summed E-state index contributed by atoms with van der Waals surface area (Å²) >= 11 is 0. The van der Waals surface area contributed by atoms with E-state index in [1.165, 1.54) is 4.68 Å². The molecule has 0 saturated carbocycles. The van der Waals surface area contributed by atoms with E-state index in [1.54, 1.807) is 25.2 Å². The van der Waals surface area contributed by atoms with Crippen molar-refractivity contribution in [3.63, 3.8) is 0 Å². The Morgan fingerprint density at radius 1 is 1.31 bits per heavy atom. The van der Waals surface area contributed by atoms with Crippen LogP contribution >= 0.6 is 0 Å². The third-order valence-corrected chi connectivity index (χ3v) is 6.05.